The van der Waals surface area contributed by atoms with Crippen molar-refractivity contribution >= 4 is 29.3 Å². The molecule has 1 aromatic heterocycles. The summed E-state index contributed by atoms with van der Waals surface area (Å²) in [7, 11) is 1.47. The van der Waals surface area contributed by atoms with Crippen molar-refractivity contribution in [2.24, 2.45) is 0 Å². The van der Waals surface area contributed by atoms with Gasteiger partial charge in [-0.3, -0.25) is 4.79 Å². The zero-order chi connectivity index (χ0) is 12.1. The molecule has 17 heavy (non-hydrogen) atoms. The molecule has 1 saturated heterocycles. The fourth-order valence-electron chi connectivity index (χ4n) is 1.57. The molecule has 0 amide bonds. The van der Waals surface area contributed by atoms with Gasteiger partial charge in [-0.25, -0.2) is 4.98 Å². The van der Waals surface area contributed by atoms with Crippen LogP contribution in [-0.2, 0) is 0 Å². The minimum atomic E-state index is -0.254. The largest absolute Gasteiger partial charge is 0.489 e. The van der Waals surface area contributed by atoms with Crippen molar-refractivity contribution in [2.75, 3.05) is 36.2 Å². The van der Waals surface area contributed by atoms with Crippen molar-refractivity contribution < 1.29 is 4.74 Å². The molecule has 1 atom stereocenters. The van der Waals surface area contributed by atoms with Crippen LogP contribution in [0.4, 0.5) is 5.82 Å². The molecule has 0 bridgehead atoms. The SMILES string of the molecule is COc1c(NCC2CSCCS2)nc[nH]c1=O. The van der Waals surface area contributed by atoms with Gasteiger partial charge in [0.05, 0.1) is 13.4 Å². The van der Waals surface area contributed by atoms with Crippen LogP contribution in [0.5, 0.6) is 5.75 Å². The Bertz CT molecular complexity index is 418. The number of thioether (sulfide) groups is 2. The third-order valence-corrected chi connectivity index (χ3v) is 5.24. The molecule has 2 rings (SSSR count). The Kier molecular flexibility index (Phi) is 4.61. The zero-order valence-corrected chi connectivity index (χ0v) is 11.2. The van der Waals surface area contributed by atoms with Crippen LogP contribution in [0.1, 0.15) is 0 Å². The van der Waals surface area contributed by atoms with Gasteiger partial charge in [-0.05, 0) is 0 Å². The summed E-state index contributed by atoms with van der Waals surface area (Å²) in [6, 6.07) is 0. The number of methoxy groups -OCH3 is 1. The Morgan fingerprint density at radius 3 is 3.24 bits per heavy atom. The Labute approximate surface area is 108 Å². The van der Waals surface area contributed by atoms with E-state index in [1.165, 1.54) is 24.9 Å². The fraction of sp³-hybridized carbons (Fsp3) is 0.600. The van der Waals surface area contributed by atoms with Crippen molar-refractivity contribution in [2.45, 2.75) is 5.25 Å². The average molecular weight is 273 g/mol. The maximum absolute atomic E-state index is 11.5. The van der Waals surface area contributed by atoms with Gasteiger partial charge in [0, 0.05) is 29.1 Å². The second-order valence-electron chi connectivity index (χ2n) is 3.56. The number of hydrogen-bond donors (Lipinski definition) is 2. The lowest BCUT2D eigenvalue weighted by Crippen LogP contribution is -2.24. The van der Waals surface area contributed by atoms with Crippen molar-refractivity contribution in [3.63, 3.8) is 0 Å². The summed E-state index contributed by atoms with van der Waals surface area (Å²) < 4.78 is 5.04. The molecule has 94 valence electrons. The third kappa shape index (κ3) is 3.32. The first kappa shape index (κ1) is 12.6. The van der Waals surface area contributed by atoms with E-state index in [0.29, 0.717) is 11.1 Å². The topological polar surface area (TPSA) is 67.0 Å². The number of anilines is 1. The van der Waals surface area contributed by atoms with Crippen LogP contribution in [0.2, 0.25) is 0 Å². The van der Waals surface area contributed by atoms with Gasteiger partial charge in [0.15, 0.2) is 5.82 Å². The summed E-state index contributed by atoms with van der Waals surface area (Å²) in [6.07, 6.45) is 1.38. The van der Waals surface area contributed by atoms with Gasteiger partial charge in [-0.15, -0.1) is 0 Å². The van der Waals surface area contributed by atoms with E-state index in [9.17, 15) is 4.79 Å². The minimum absolute atomic E-state index is 0.251. The molecule has 1 aliphatic rings. The van der Waals surface area contributed by atoms with Crippen LogP contribution in [-0.4, -0.2) is 46.1 Å². The second kappa shape index (κ2) is 6.20. The van der Waals surface area contributed by atoms with Crippen LogP contribution < -0.4 is 15.6 Å². The smallest absolute Gasteiger partial charge is 0.295 e. The molecular weight excluding hydrogens is 258 g/mol. The van der Waals surface area contributed by atoms with Gasteiger partial charge < -0.3 is 15.0 Å². The Balaban J connectivity index is 1.98. The lowest BCUT2D eigenvalue weighted by molar-refractivity contribution is 0.408. The van der Waals surface area contributed by atoms with E-state index in [4.69, 9.17) is 4.74 Å². The van der Waals surface area contributed by atoms with Gasteiger partial charge in [0.25, 0.3) is 5.56 Å². The summed E-state index contributed by atoms with van der Waals surface area (Å²) in [6.45, 7) is 0.810. The van der Waals surface area contributed by atoms with Crippen molar-refractivity contribution in [3.05, 3.63) is 16.7 Å². The van der Waals surface area contributed by atoms with E-state index >= 15 is 0 Å². The van der Waals surface area contributed by atoms with E-state index in [1.807, 2.05) is 23.5 Å². The lowest BCUT2D eigenvalue weighted by atomic mass is 10.4. The fourth-order valence-corrected chi connectivity index (χ4v) is 4.18. The van der Waals surface area contributed by atoms with Crippen molar-refractivity contribution in [1.82, 2.24) is 9.97 Å². The zero-order valence-electron chi connectivity index (χ0n) is 9.56. The minimum Gasteiger partial charge on any atom is -0.489 e. The molecule has 5 nitrogen and oxygen atoms in total. The van der Waals surface area contributed by atoms with Crippen LogP contribution in [0.3, 0.4) is 0 Å². The monoisotopic (exact) mass is 273 g/mol. The number of aromatic amines is 1. The predicted octanol–water partition coefficient (Wildman–Crippen LogP) is 1.04. The summed E-state index contributed by atoms with van der Waals surface area (Å²) in [5.41, 5.74) is -0.254. The molecule has 0 saturated carbocycles. The van der Waals surface area contributed by atoms with Crippen molar-refractivity contribution in [1.29, 1.82) is 0 Å². The van der Waals surface area contributed by atoms with Crippen molar-refractivity contribution in [3.8, 4) is 5.75 Å². The molecule has 0 radical (unpaired) electrons. The molecule has 1 fully saturated rings. The number of nitrogens with zero attached hydrogens (tertiary/aromatic N) is 1. The Morgan fingerprint density at radius 1 is 1.65 bits per heavy atom. The van der Waals surface area contributed by atoms with E-state index in [0.717, 1.165) is 12.3 Å². The number of H-pyrrole nitrogens is 1. The molecule has 1 unspecified atom stereocenters. The first-order chi connectivity index (χ1) is 8.31. The van der Waals surface area contributed by atoms with Crippen LogP contribution in [0.25, 0.3) is 0 Å². The molecule has 0 spiro atoms. The quantitative estimate of drug-likeness (QED) is 0.854. The third-order valence-electron chi connectivity index (χ3n) is 2.40. The summed E-state index contributed by atoms with van der Waals surface area (Å²) >= 11 is 3.93. The molecule has 2 N–H and O–H groups in total. The maximum atomic E-state index is 11.5. The van der Waals surface area contributed by atoms with Gasteiger partial charge in [0.2, 0.25) is 5.75 Å². The molecule has 0 aromatic carbocycles. The molecule has 0 aliphatic carbocycles. The van der Waals surface area contributed by atoms with Gasteiger partial charge in [-0.1, -0.05) is 0 Å². The van der Waals surface area contributed by atoms with Gasteiger partial charge in [-0.2, -0.15) is 23.5 Å². The molecule has 1 aliphatic heterocycles. The molecule has 2 heterocycles. The highest BCUT2D eigenvalue weighted by molar-refractivity contribution is 8.06. The number of aromatic nitrogens is 2. The highest BCUT2D eigenvalue weighted by Crippen LogP contribution is 2.24. The summed E-state index contributed by atoms with van der Waals surface area (Å²) in [5, 5.41) is 3.75. The van der Waals surface area contributed by atoms with Crippen LogP contribution in [0.15, 0.2) is 11.1 Å². The van der Waals surface area contributed by atoms with Crippen LogP contribution >= 0.6 is 23.5 Å². The summed E-state index contributed by atoms with van der Waals surface area (Å²) in [4.78, 5) is 18.0. The highest BCUT2D eigenvalue weighted by Gasteiger charge is 2.15. The van der Waals surface area contributed by atoms with E-state index < -0.39 is 0 Å². The van der Waals surface area contributed by atoms with E-state index in [2.05, 4.69) is 15.3 Å². The number of nitrogens with one attached hydrogen (secondary N) is 2. The first-order valence-electron chi connectivity index (χ1n) is 5.36. The normalized spacial score (nSPS) is 19.9. The highest BCUT2D eigenvalue weighted by atomic mass is 32.2. The van der Waals surface area contributed by atoms with Gasteiger partial charge >= 0.3 is 0 Å². The molecule has 7 heteroatoms. The standard InChI is InChI=1S/C10H15N3O2S2/c1-15-8-9(12-6-13-10(8)14)11-4-7-5-16-2-3-17-7/h6-7H,2-5H2,1H3,(H2,11,12,13,14). The maximum Gasteiger partial charge on any atom is 0.295 e. The number of rotatable bonds is 4. The van der Waals surface area contributed by atoms with Gasteiger partial charge in [0.1, 0.15) is 0 Å². The predicted molar refractivity (Wildman–Crippen MR) is 73.5 cm³/mol. The van der Waals surface area contributed by atoms with Crippen LogP contribution in [0, 0.1) is 0 Å². The Hall–Kier alpha value is -0.820. The number of hydrogen-bond acceptors (Lipinski definition) is 6. The second-order valence-corrected chi connectivity index (χ2v) is 6.12. The first-order valence-corrected chi connectivity index (χ1v) is 7.56. The van der Waals surface area contributed by atoms with E-state index in [-0.39, 0.29) is 11.3 Å². The molecule has 1 aromatic rings. The Morgan fingerprint density at radius 2 is 2.53 bits per heavy atom. The average Bonchev–Trinajstić information content (AvgIpc) is 2.37. The number of ether oxygens (including phenoxy) is 1. The lowest BCUT2D eigenvalue weighted by Gasteiger charge is -2.21. The van der Waals surface area contributed by atoms with E-state index in [1.54, 1.807) is 0 Å². The summed E-state index contributed by atoms with van der Waals surface area (Å²) in [5.74, 6) is 4.34. The molecular formula is C10H15N3O2S2.